The summed E-state index contributed by atoms with van der Waals surface area (Å²) in [7, 11) is 4.67. The molecule has 0 aromatic heterocycles. The van der Waals surface area contributed by atoms with E-state index in [0.717, 1.165) is 36.9 Å². The van der Waals surface area contributed by atoms with Gasteiger partial charge in [0.1, 0.15) is 5.82 Å². The first kappa shape index (κ1) is 21.7. The first-order valence-electron chi connectivity index (χ1n) is 10.1. The zero-order valence-electron chi connectivity index (χ0n) is 17.7. The summed E-state index contributed by atoms with van der Waals surface area (Å²) < 4.78 is 29.3. The molecule has 30 heavy (non-hydrogen) atoms. The van der Waals surface area contributed by atoms with Gasteiger partial charge in [0.05, 0.1) is 21.3 Å². The second kappa shape index (κ2) is 10.1. The molecular formula is C24H28FNO4. The van der Waals surface area contributed by atoms with E-state index in [1.165, 1.54) is 12.1 Å². The van der Waals surface area contributed by atoms with Gasteiger partial charge in [0.25, 0.3) is 0 Å². The second-order valence-corrected chi connectivity index (χ2v) is 7.32. The number of halogens is 1. The molecule has 2 aromatic carbocycles. The van der Waals surface area contributed by atoms with Crippen LogP contribution in [-0.4, -0.2) is 45.2 Å². The Bertz CT molecular complexity index is 870. The van der Waals surface area contributed by atoms with Gasteiger partial charge < -0.3 is 19.1 Å². The number of carbonyl (C=O) groups is 1. The molecule has 6 heteroatoms. The van der Waals surface area contributed by atoms with E-state index in [9.17, 15) is 9.18 Å². The number of rotatable bonds is 6. The molecule has 1 amide bonds. The van der Waals surface area contributed by atoms with Crippen LogP contribution in [0.2, 0.25) is 0 Å². The van der Waals surface area contributed by atoms with Crippen LogP contribution in [0.3, 0.4) is 0 Å². The quantitative estimate of drug-likeness (QED) is 0.646. The third-order valence-electron chi connectivity index (χ3n) is 5.43. The average Bonchev–Trinajstić information content (AvgIpc) is 3.03. The highest BCUT2D eigenvalue weighted by Gasteiger charge is 2.22. The number of nitrogens with zero attached hydrogens (tertiary/aromatic N) is 1. The molecule has 5 nitrogen and oxygen atoms in total. The van der Waals surface area contributed by atoms with E-state index in [1.807, 2.05) is 17.0 Å². The number of carbonyl (C=O) groups excluding carboxylic acids is 1. The van der Waals surface area contributed by atoms with Crippen LogP contribution in [0.5, 0.6) is 17.2 Å². The van der Waals surface area contributed by atoms with Crippen molar-refractivity contribution in [3.05, 3.63) is 59.4 Å². The van der Waals surface area contributed by atoms with Crippen LogP contribution in [0.4, 0.5) is 4.39 Å². The minimum absolute atomic E-state index is 0.0437. The lowest BCUT2D eigenvalue weighted by atomic mass is 9.94. The van der Waals surface area contributed by atoms with Gasteiger partial charge in [0.15, 0.2) is 11.5 Å². The average molecular weight is 413 g/mol. The molecule has 0 aliphatic carbocycles. The Kier molecular flexibility index (Phi) is 7.33. The number of amides is 1. The summed E-state index contributed by atoms with van der Waals surface area (Å²) in [6, 6.07) is 10.2. The molecule has 0 spiro atoms. The van der Waals surface area contributed by atoms with Crippen molar-refractivity contribution in [2.75, 3.05) is 34.4 Å². The largest absolute Gasteiger partial charge is 0.493 e. The number of methoxy groups -OCH3 is 3. The standard InChI is InChI=1S/C24H28FNO4/c1-28-21-14-17(15-22(29-2)24(21)30-3)7-12-23(27)26-13-5-4-6-19(16-26)18-8-10-20(25)11-9-18/h7-12,14-15,19H,4-6,13,16H2,1-3H3/b12-7+. The van der Waals surface area contributed by atoms with Crippen molar-refractivity contribution in [2.45, 2.75) is 25.2 Å². The van der Waals surface area contributed by atoms with Crippen molar-refractivity contribution in [2.24, 2.45) is 0 Å². The zero-order valence-corrected chi connectivity index (χ0v) is 17.7. The highest BCUT2D eigenvalue weighted by Crippen LogP contribution is 2.38. The molecule has 1 saturated heterocycles. The van der Waals surface area contributed by atoms with Crippen LogP contribution in [0.15, 0.2) is 42.5 Å². The van der Waals surface area contributed by atoms with E-state index in [2.05, 4.69) is 0 Å². The lowest BCUT2D eigenvalue weighted by Crippen LogP contribution is -2.32. The van der Waals surface area contributed by atoms with Gasteiger partial charge >= 0.3 is 0 Å². The Morgan fingerprint density at radius 3 is 2.30 bits per heavy atom. The highest BCUT2D eigenvalue weighted by atomic mass is 19.1. The maximum Gasteiger partial charge on any atom is 0.246 e. The Morgan fingerprint density at radius 2 is 1.70 bits per heavy atom. The van der Waals surface area contributed by atoms with Gasteiger partial charge in [0.2, 0.25) is 11.7 Å². The van der Waals surface area contributed by atoms with Gasteiger partial charge in [-0.3, -0.25) is 4.79 Å². The molecular weight excluding hydrogens is 385 g/mol. The number of hydrogen-bond donors (Lipinski definition) is 0. The first-order valence-corrected chi connectivity index (χ1v) is 10.1. The third-order valence-corrected chi connectivity index (χ3v) is 5.43. The number of ether oxygens (including phenoxy) is 3. The molecule has 1 fully saturated rings. The summed E-state index contributed by atoms with van der Waals surface area (Å²) in [5.41, 5.74) is 1.85. The fraction of sp³-hybridized carbons (Fsp3) is 0.375. The molecule has 3 rings (SSSR count). The van der Waals surface area contributed by atoms with Gasteiger partial charge in [0, 0.05) is 25.1 Å². The summed E-state index contributed by atoms with van der Waals surface area (Å²) in [4.78, 5) is 14.7. The van der Waals surface area contributed by atoms with E-state index in [4.69, 9.17) is 14.2 Å². The predicted octanol–water partition coefficient (Wildman–Crippen LogP) is 4.66. The van der Waals surface area contributed by atoms with Gasteiger partial charge in [-0.15, -0.1) is 0 Å². The van der Waals surface area contributed by atoms with E-state index in [0.29, 0.717) is 23.8 Å². The van der Waals surface area contributed by atoms with Crippen LogP contribution in [0.1, 0.15) is 36.3 Å². The zero-order chi connectivity index (χ0) is 21.5. The van der Waals surface area contributed by atoms with E-state index in [-0.39, 0.29) is 17.6 Å². The minimum atomic E-state index is -0.242. The van der Waals surface area contributed by atoms with Crippen LogP contribution in [0.25, 0.3) is 6.08 Å². The molecule has 0 saturated carbocycles. The maximum absolute atomic E-state index is 13.3. The van der Waals surface area contributed by atoms with Crippen LogP contribution < -0.4 is 14.2 Å². The summed E-state index contributed by atoms with van der Waals surface area (Å²) in [5.74, 6) is 1.52. The molecule has 1 heterocycles. The van der Waals surface area contributed by atoms with Gasteiger partial charge in [-0.25, -0.2) is 4.39 Å². The first-order chi connectivity index (χ1) is 14.5. The van der Waals surface area contributed by atoms with Gasteiger partial charge in [-0.05, 0) is 54.3 Å². The van der Waals surface area contributed by atoms with Crippen molar-refractivity contribution in [3.8, 4) is 17.2 Å². The Morgan fingerprint density at radius 1 is 1.03 bits per heavy atom. The summed E-state index contributed by atoms with van der Waals surface area (Å²) in [5, 5.41) is 0. The van der Waals surface area contributed by atoms with Crippen molar-refractivity contribution >= 4 is 12.0 Å². The topological polar surface area (TPSA) is 48.0 Å². The second-order valence-electron chi connectivity index (χ2n) is 7.32. The molecule has 0 N–H and O–H groups in total. The smallest absolute Gasteiger partial charge is 0.246 e. The van der Waals surface area contributed by atoms with Gasteiger partial charge in [-0.1, -0.05) is 18.6 Å². The van der Waals surface area contributed by atoms with Crippen molar-refractivity contribution < 1.29 is 23.4 Å². The van der Waals surface area contributed by atoms with E-state index in [1.54, 1.807) is 45.6 Å². The highest BCUT2D eigenvalue weighted by molar-refractivity contribution is 5.92. The Hall–Kier alpha value is -3.02. The van der Waals surface area contributed by atoms with Crippen molar-refractivity contribution in [1.82, 2.24) is 4.90 Å². The van der Waals surface area contributed by atoms with E-state index >= 15 is 0 Å². The van der Waals surface area contributed by atoms with Crippen molar-refractivity contribution in [1.29, 1.82) is 0 Å². The summed E-state index contributed by atoms with van der Waals surface area (Å²) in [6.45, 7) is 1.35. The molecule has 2 aromatic rings. The molecule has 1 atom stereocenters. The maximum atomic E-state index is 13.3. The molecule has 160 valence electrons. The lowest BCUT2D eigenvalue weighted by Gasteiger charge is -2.23. The third kappa shape index (κ3) is 5.12. The molecule has 0 radical (unpaired) electrons. The van der Waals surface area contributed by atoms with Crippen LogP contribution >= 0.6 is 0 Å². The van der Waals surface area contributed by atoms with Crippen molar-refractivity contribution in [3.63, 3.8) is 0 Å². The molecule has 1 aliphatic rings. The SMILES string of the molecule is COc1cc(/C=C/C(=O)N2CCCCC(c3ccc(F)cc3)C2)cc(OC)c1OC. The molecule has 1 aliphatic heterocycles. The molecule has 1 unspecified atom stereocenters. The van der Waals surface area contributed by atoms with Gasteiger partial charge in [-0.2, -0.15) is 0 Å². The summed E-state index contributed by atoms with van der Waals surface area (Å²) >= 11 is 0. The monoisotopic (exact) mass is 413 g/mol. The molecule has 0 bridgehead atoms. The normalized spacial score (nSPS) is 16.9. The lowest BCUT2D eigenvalue weighted by molar-refractivity contribution is -0.126. The number of benzene rings is 2. The predicted molar refractivity (Wildman–Crippen MR) is 115 cm³/mol. The Labute approximate surface area is 177 Å². The van der Waals surface area contributed by atoms with Crippen LogP contribution in [-0.2, 0) is 4.79 Å². The fourth-order valence-corrected chi connectivity index (χ4v) is 3.82. The van der Waals surface area contributed by atoms with Crippen LogP contribution in [0, 0.1) is 5.82 Å². The van der Waals surface area contributed by atoms with E-state index < -0.39 is 0 Å². The number of likely N-dealkylation sites (tertiary alicyclic amines) is 1. The minimum Gasteiger partial charge on any atom is -0.493 e. The number of hydrogen-bond acceptors (Lipinski definition) is 4. The fourth-order valence-electron chi connectivity index (χ4n) is 3.82. The summed E-state index contributed by atoms with van der Waals surface area (Å²) in [6.07, 6.45) is 6.33. The Balaban J connectivity index is 1.75.